The van der Waals surface area contributed by atoms with Crippen LogP contribution in [0.2, 0.25) is 0 Å². The number of likely N-dealkylation sites (tertiary alicyclic amines) is 1. The third-order valence-corrected chi connectivity index (χ3v) is 6.20. The number of benzene rings is 2. The molecule has 1 aliphatic rings. The molecular weight excluding hydrogens is 416 g/mol. The number of fused-ring (bicyclic) bond motifs is 1. The monoisotopic (exact) mass is 446 g/mol. The maximum atomic E-state index is 13.2. The number of carbonyl (C=O) groups excluding carboxylic acids is 2. The quantitative estimate of drug-likeness (QED) is 0.316. The molecular formula is C27H30N2O4. The van der Waals surface area contributed by atoms with E-state index >= 15 is 0 Å². The van der Waals surface area contributed by atoms with Crippen molar-refractivity contribution in [2.75, 3.05) is 13.7 Å². The molecule has 2 aromatic carbocycles. The SMILES string of the molecule is CCCN1C(=O)C(=O)/C(=C(/O)c2ccc(OC)c(C(C)(C)C)c2)C1c1c[nH]c2ccccc12. The number of aromatic amines is 1. The van der Waals surface area contributed by atoms with Gasteiger partial charge in [0.1, 0.15) is 11.5 Å². The summed E-state index contributed by atoms with van der Waals surface area (Å²) in [6.45, 7) is 8.55. The molecule has 0 spiro atoms. The molecule has 1 atom stereocenters. The predicted octanol–water partition coefficient (Wildman–Crippen LogP) is 5.31. The van der Waals surface area contributed by atoms with Crippen LogP contribution in [-0.2, 0) is 15.0 Å². The number of rotatable bonds is 5. The summed E-state index contributed by atoms with van der Waals surface area (Å²) < 4.78 is 5.52. The summed E-state index contributed by atoms with van der Waals surface area (Å²) in [6, 6.07) is 12.4. The summed E-state index contributed by atoms with van der Waals surface area (Å²) in [5, 5.41) is 12.3. The first-order valence-corrected chi connectivity index (χ1v) is 11.2. The maximum absolute atomic E-state index is 13.2. The second-order valence-corrected chi connectivity index (χ2v) is 9.45. The van der Waals surface area contributed by atoms with E-state index in [1.165, 1.54) is 0 Å². The highest BCUT2D eigenvalue weighted by Gasteiger charge is 2.46. The third kappa shape index (κ3) is 3.80. The van der Waals surface area contributed by atoms with Crippen LogP contribution in [0.15, 0.2) is 54.2 Å². The molecule has 1 amide bonds. The van der Waals surface area contributed by atoms with E-state index in [9.17, 15) is 14.7 Å². The summed E-state index contributed by atoms with van der Waals surface area (Å²) in [7, 11) is 1.61. The second kappa shape index (κ2) is 8.43. The molecule has 1 unspecified atom stereocenters. The molecule has 33 heavy (non-hydrogen) atoms. The van der Waals surface area contributed by atoms with Crippen LogP contribution in [0.4, 0.5) is 0 Å². The number of Topliss-reactive ketones (excluding diaryl/α,β-unsaturated/α-hetero) is 1. The third-order valence-electron chi connectivity index (χ3n) is 6.20. The van der Waals surface area contributed by atoms with Gasteiger partial charge in [0.15, 0.2) is 0 Å². The molecule has 0 radical (unpaired) electrons. The largest absolute Gasteiger partial charge is 0.507 e. The van der Waals surface area contributed by atoms with Crippen molar-refractivity contribution < 1.29 is 19.4 Å². The molecule has 6 nitrogen and oxygen atoms in total. The fourth-order valence-corrected chi connectivity index (χ4v) is 4.59. The normalized spacial score (nSPS) is 18.3. The number of nitrogens with zero attached hydrogens (tertiary/aromatic N) is 1. The number of ether oxygens (including phenoxy) is 1. The Morgan fingerprint density at radius 3 is 2.55 bits per heavy atom. The van der Waals surface area contributed by atoms with E-state index in [2.05, 4.69) is 25.8 Å². The number of nitrogens with one attached hydrogen (secondary N) is 1. The van der Waals surface area contributed by atoms with Crippen LogP contribution in [0.5, 0.6) is 5.75 Å². The molecule has 1 fully saturated rings. The molecule has 1 aliphatic heterocycles. The summed E-state index contributed by atoms with van der Waals surface area (Å²) in [5.41, 5.74) is 2.97. The highest BCUT2D eigenvalue weighted by molar-refractivity contribution is 6.46. The van der Waals surface area contributed by atoms with Crippen molar-refractivity contribution in [1.29, 1.82) is 0 Å². The van der Waals surface area contributed by atoms with Gasteiger partial charge in [-0.05, 0) is 36.1 Å². The van der Waals surface area contributed by atoms with E-state index in [1.807, 2.05) is 43.5 Å². The number of aliphatic hydroxyl groups excluding tert-OH is 1. The number of para-hydroxylation sites is 1. The van der Waals surface area contributed by atoms with E-state index in [0.717, 1.165) is 22.0 Å². The summed E-state index contributed by atoms with van der Waals surface area (Å²) in [5.74, 6) is -0.711. The molecule has 3 aromatic rings. The summed E-state index contributed by atoms with van der Waals surface area (Å²) in [4.78, 5) is 31.0. The van der Waals surface area contributed by atoms with Gasteiger partial charge in [-0.3, -0.25) is 9.59 Å². The Hall–Kier alpha value is -3.54. The number of H-pyrrole nitrogens is 1. The van der Waals surface area contributed by atoms with Crippen molar-refractivity contribution in [3.05, 3.63) is 70.9 Å². The number of methoxy groups -OCH3 is 1. The van der Waals surface area contributed by atoms with Crippen LogP contribution in [0, 0.1) is 0 Å². The lowest BCUT2D eigenvalue weighted by atomic mass is 9.84. The number of amides is 1. The van der Waals surface area contributed by atoms with E-state index in [1.54, 1.807) is 24.1 Å². The lowest BCUT2D eigenvalue weighted by Crippen LogP contribution is -2.30. The van der Waals surface area contributed by atoms with Gasteiger partial charge in [-0.1, -0.05) is 45.9 Å². The molecule has 0 bridgehead atoms. The minimum absolute atomic E-state index is 0.114. The number of carbonyl (C=O) groups is 2. The van der Waals surface area contributed by atoms with Crippen molar-refractivity contribution in [2.45, 2.75) is 45.6 Å². The van der Waals surface area contributed by atoms with E-state index in [-0.39, 0.29) is 16.7 Å². The number of hydrogen-bond donors (Lipinski definition) is 2. The van der Waals surface area contributed by atoms with Crippen LogP contribution < -0.4 is 4.74 Å². The van der Waals surface area contributed by atoms with E-state index in [4.69, 9.17) is 4.74 Å². The minimum Gasteiger partial charge on any atom is -0.507 e. The molecule has 0 saturated carbocycles. The van der Waals surface area contributed by atoms with Gasteiger partial charge in [0, 0.05) is 40.3 Å². The Labute approximate surface area is 193 Å². The molecule has 6 heteroatoms. The molecule has 1 aromatic heterocycles. The fourth-order valence-electron chi connectivity index (χ4n) is 4.59. The Morgan fingerprint density at radius 2 is 1.88 bits per heavy atom. The Kier molecular flexibility index (Phi) is 5.78. The van der Waals surface area contributed by atoms with Crippen LogP contribution in [0.3, 0.4) is 0 Å². The topological polar surface area (TPSA) is 82.6 Å². The van der Waals surface area contributed by atoms with Gasteiger partial charge < -0.3 is 19.7 Å². The molecule has 1 saturated heterocycles. The number of aromatic nitrogens is 1. The predicted molar refractivity (Wildman–Crippen MR) is 129 cm³/mol. The maximum Gasteiger partial charge on any atom is 0.295 e. The van der Waals surface area contributed by atoms with Crippen molar-refractivity contribution in [1.82, 2.24) is 9.88 Å². The Morgan fingerprint density at radius 1 is 1.15 bits per heavy atom. The Balaban J connectivity index is 1.95. The summed E-state index contributed by atoms with van der Waals surface area (Å²) in [6.07, 6.45) is 2.52. The average Bonchev–Trinajstić information content (AvgIpc) is 3.32. The highest BCUT2D eigenvalue weighted by atomic mass is 16.5. The van der Waals surface area contributed by atoms with Crippen LogP contribution in [-0.4, -0.2) is 40.3 Å². The molecule has 2 heterocycles. The first-order valence-electron chi connectivity index (χ1n) is 11.2. The van der Waals surface area contributed by atoms with E-state index < -0.39 is 17.7 Å². The summed E-state index contributed by atoms with van der Waals surface area (Å²) >= 11 is 0. The molecule has 0 aliphatic carbocycles. The molecule has 4 rings (SSSR count). The molecule has 2 N–H and O–H groups in total. The minimum atomic E-state index is -0.665. The number of hydrogen-bond acceptors (Lipinski definition) is 4. The fraction of sp³-hybridized carbons (Fsp3) is 0.333. The van der Waals surface area contributed by atoms with Crippen molar-refractivity contribution in [2.24, 2.45) is 0 Å². The van der Waals surface area contributed by atoms with Gasteiger partial charge in [-0.2, -0.15) is 0 Å². The average molecular weight is 447 g/mol. The lowest BCUT2D eigenvalue weighted by molar-refractivity contribution is -0.139. The van der Waals surface area contributed by atoms with Crippen LogP contribution in [0.25, 0.3) is 16.7 Å². The zero-order valence-corrected chi connectivity index (χ0v) is 19.7. The van der Waals surface area contributed by atoms with Gasteiger partial charge >= 0.3 is 0 Å². The van der Waals surface area contributed by atoms with Crippen molar-refractivity contribution in [3.8, 4) is 5.75 Å². The van der Waals surface area contributed by atoms with Crippen LogP contribution in [0.1, 0.15) is 56.8 Å². The van der Waals surface area contributed by atoms with Gasteiger partial charge in [0.25, 0.3) is 11.7 Å². The standard InChI is InChI=1S/C27H30N2O4/c1-6-13-29-23(18-15-28-20-10-8-7-9-17(18)20)22(25(31)26(29)32)24(30)16-11-12-21(33-5)19(14-16)27(2,3)4/h7-12,14-15,23,28,30H,6,13H2,1-5H3/b24-22+. The zero-order chi connectivity index (χ0) is 23.9. The van der Waals surface area contributed by atoms with Crippen LogP contribution >= 0.6 is 0 Å². The van der Waals surface area contributed by atoms with Gasteiger partial charge in [-0.15, -0.1) is 0 Å². The van der Waals surface area contributed by atoms with Gasteiger partial charge in [0.2, 0.25) is 0 Å². The molecule has 172 valence electrons. The smallest absolute Gasteiger partial charge is 0.295 e. The number of ketones is 1. The Bertz CT molecular complexity index is 1260. The van der Waals surface area contributed by atoms with Crippen molar-refractivity contribution >= 4 is 28.4 Å². The second-order valence-electron chi connectivity index (χ2n) is 9.45. The first kappa shape index (κ1) is 22.6. The first-order chi connectivity index (χ1) is 15.7. The zero-order valence-electron chi connectivity index (χ0n) is 19.7. The van der Waals surface area contributed by atoms with E-state index in [0.29, 0.717) is 24.3 Å². The van der Waals surface area contributed by atoms with Gasteiger partial charge in [-0.25, -0.2) is 0 Å². The number of aliphatic hydroxyl groups is 1. The van der Waals surface area contributed by atoms with Gasteiger partial charge in [0.05, 0.1) is 18.7 Å². The highest BCUT2D eigenvalue weighted by Crippen LogP contribution is 2.43. The lowest BCUT2D eigenvalue weighted by Gasteiger charge is -2.25. The van der Waals surface area contributed by atoms with Crippen molar-refractivity contribution in [3.63, 3.8) is 0 Å².